The second-order valence-corrected chi connectivity index (χ2v) is 5.55. The van der Waals surface area contributed by atoms with Crippen molar-refractivity contribution in [3.8, 4) is 0 Å². The summed E-state index contributed by atoms with van der Waals surface area (Å²) in [6, 6.07) is 8.41. The van der Waals surface area contributed by atoms with Gasteiger partial charge in [-0.15, -0.1) is 0 Å². The number of fused-ring (bicyclic) bond motifs is 1. The van der Waals surface area contributed by atoms with Crippen LogP contribution in [0.2, 0.25) is 0 Å². The number of benzene rings is 1. The molecule has 21 heavy (non-hydrogen) atoms. The third kappa shape index (κ3) is 4.42. The maximum absolute atomic E-state index is 4.72. The predicted octanol–water partition coefficient (Wildman–Crippen LogP) is 4.16. The fourth-order valence-corrected chi connectivity index (χ4v) is 2.50. The Balaban J connectivity index is 2.06. The summed E-state index contributed by atoms with van der Waals surface area (Å²) in [4.78, 5) is 9.44. The number of hydrogen-bond acceptors (Lipinski definition) is 2. The summed E-state index contributed by atoms with van der Waals surface area (Å²) in [5.74, 6) is 1.99. The van der Waals surface area contributed by atoms with E-state index in [0.29, 0.717) is 0 Å². The summed E-state index contributed by atoms with van der Waals surface area (Å²) in [6.45, 7) is 6.23. The zero-order chi connectivity index (χ0) is 14.9. The lowest BCUT2D eigenvalue weighted by Gasteiger charge is -2.01. The van der Waals surface area contributed by atoms with E-state index >= 15 is 0 Å². The van der Waals surface area contributed by atoms with E-state index in [1.54, 1.807) is 0 Å². The molecular weight excluding hydrogens is 258 g/mol. The Bertz CT molecular complexity index is 458. The summed E-state index contributed by atoms with van der Waals surface area (Å²) < 4.78 is 0. The Hall–Kier alpha value is -1.64. The lowest BCUT2D eigenvalue weighted by molar-refractivity contribution is 0.726. The smallest absolute Gasteiger partial charge is 0.134 e. The van der Waals surface area contributed by atoms with E-state index in [-0.39, 0.29) is 0 Å². The maximum atomic E-state index is 4.72. The number of hydrogen-bond donors (Lipinski definition) is 1. The van der Waals surface area contributed by atoms with E-state index < -0.39 is 0 Å². The van der Waals surface area contributed by atoms with Crippen molar-refractivity contribution in [2.24, 2.45) is 9.98 Å². The van der Waals surface area contributed by atoms with Gasteiger partial charge in [0.05, 0.1) is 0 Å². The van der Waals surface area contributed by atoms with Crippen LogP contribution in [0.4, 0.5) is 0 Å². The molecule has 1 aliphatic heterocycles. The molecule has 0 aromatic heterocycles. The van der Waals surface area contributed by atoms with Crippen molar-refractivity contribution in [2.75, 3.05) is 13.1 Å². The molecule has 1 N–H and O–H groups in total. The van der Waals surface area contributed by atoms with Gasteiger partial charge in [-0.3, -0.25) is 9.98 Å². The van der Waals surface area contributed by atoms with Gasteiger partial charge < -0.3 is 5.32 Å². The number of unbranched alkanes of at least 4 members (excludes halogenated alkanes) is 4. The molecule has 2 rings (SSSR count). The first-order chi connectivity index (χ1) is 10.4. The van der Waals surface area contributed by atoms with Crippen LogP contribution in [0.25, 0.3) is 0 Å². The molecule has 0 saturated carbocycles. The van der Waals surface area contributed by atoms with Gasteiger partial charge in [0.15, 0.2) is 0 Å². The Morgan fingerprint density at radius 3 is 1.67 bits per heavy atom. The molecule has 0 unspecified atom stereocenters. The SMILES string of the molecule is CCCCC/N=C1\N/C(=N/CCCCC)c2ccccc21. The van der Waals surface area contributed by atoms with Crippen molar-refractivity contribution in [2.45, 2.75) is 52.4 Å². The van der Waals surface area contributed by atoms with Crippen LogP contribution in [-0.2, 0) is 0 Å². The van der Waals surface area contributed by atoms with Crippen LogP contribution in [0.3, 0.4) is 0 Å². The van der Waals surface area contributed by atoms with Crippen LogP contribution in [0.1, 0.15) is 63.5 Å². The van der Waals surface area contributed by atoms with E-state index in [9.17, 15) is 0 Å². The Morgan fingerprint density at radius 1 is 0.762 bits per heavy atom. The predicted molar refractivity (Wildman–Crippen MR) is 91.4 cm³/mol. The van der Waals surface area contributed by atoms with Crippen LogP contribution in [0, 0.1) is 0 Å². The number of nitrogens with zero attached hydrogens (tertiary/aromatic N) is 2. The number of nitrogens with one attached hydrogen (secondary N) is 1. The minimum absolute atomic E-state index is 0.896. The average Bonchev–Trinajstić information content (AvgIpc) is 2.87. The molecule has 0 amide bonds. The number of amidine groups is 2. The zero-order valence-electron chi connectivity index (χ0n) is 13.4. The molecular formula is C18H27N3. The van der Waals surface area contributed by atoms with Crippen molar-refractivity contribution >= 4 is 11.7 Å². The fraction of sp³-hybridized carbons (Fsp3) is 0.556. The second kappa shape index (κ2) is 8.60. The monoisotopic (exact) mass is 285 g/mol. The van der Waals surface area contributed by atoms with Crippen molar-refractivity contribution in [1.82, 2.24) is 5.32 Å². The Morgan fingerprint density at radius 2 is 1.24 bits per heavy atom. The van der Waals surface area contributed by atoms with E-state index in [2.05, 4.69) is 43.4 Å². The van der Waals surface area contributed by atoms with E-state index in [1.807, 2.05) is 0 Å². The molecule has 3 nitrogen and oxygen atoms in total. The molecule has 0 saturated heterocycles. The third-order valence-electron chi connectivity index (χ3n) is 3.74. The van der Waals surface area contributed by atoms with Crippen LogP contribution in [0.5, 0.6) is 0 Å². The summed E-state index contributed by atoms with van der Waals surface area (Å²) in [7, 11) is 0. The van der Waals surface area contributed by atoms with Crippen LogP contribution >= 0.6 is 0 Å². The van der Waals surface area contributed by atoms with E-state index in [4.69, 9.17) is 9.98 Å². The molecule has 114 valence electrons. The first-order valence-corrected chi connectivity index (χ1v) is 8.32. The van der Waals surface area contributed by atoms with Crippen molar-refractivity contribution in [3.05, 3.63) is 35.4 Å². The standard InChI is InChI=1S/C18H27N3/c1-3-5-9-13-19-17-15-11-7-8-12-16(15)18(21-17)20-14-10-6-4-2/h7-8,11-12H,3-6,9-10,13-14H2,1-2H3,(H,19,20,21). The Labute approximate surface area is 128 Å². The van der Waals surface area contributed by atoms with Gasteiger partial charge in [-0.1, -0.05) is 63.8 Å². The molecule has 1 aromatic carbocycles. The van der Waals surface area contributed by atoms with Gasteiger partial charge in [-0.05, 0) is 12.8 Å². The first kappa shape index (κ1) is 15.7. The van der Waals surface area contributed by atoms with E-state index in [0.717, 1.165) is 37.6 Å². The summed E-state index contributed by atoms with van der Waals surface area (Å²) >= 11 is 0. The maximum Gasteiger partial charge on any atom is 0.134 e. The molecule has 1 aromatic rings. The van der Waals surface area contributed by atoms with Gasteiger partial charge in [-0.25, -0.2) is 0 Å². The molecule has 0 bridgehead atoms. The highest BCUT2D eigenvalue weighted by molar-refractivity contribution is 6.25. The highest BCUT2D eigenvalue weighted by Crippen LogP contribution is 2.16. The Kier molecular flexibility index (Phi) is 6.45. The zero-order valence-corrected chi connectivity index (χ0v) is 13.4. The fourth-order valence-electron chi connectivity index (χ4n) is 2.50. The minimum Gasteiger partial charge on any atom is -0.325 e. The van der Waals surface area contributed by atoms with Crippen LogP contribution < -0.4 is 5.32 Å². The van der Waals surface area contributed by atoms with Crippen molar-refractivity contribution in [1.29, 1.82) is 0 Å². The van der Waals surface area contributed by atoms with Crippen molar-refractivity contribution in [3.63, 3.8) is 0 Å². The summed E-state index contributed by atoms with van der Waals surface area (Å²) in [5.41, 5.74) is 2.39. The lowest BCUT2D eigenvalue weighted by atomic mass is 10.1. The summed E-state index contributed by atoms with van der Waals surface area (Å²) in [6.07, 6.45) is 7.28. The van der Waals surface area contributed by atoms with Gasteiger partial charge in [0.25, 0.3) is 0 Å². The van der Waals surface area contributed by atoms with Gasteiger partial charge in [0.2, 0.25) is 0 Å². The highest BCUT2D eigenvalue weighted by atomic mass is 15.1. The average molecular weight is 285 g/mol. The topological polar surface area (TPSA) is 36.8 Å². The number of rotatable bonds is 8. The lowest BCUT2D eigenvalue weighted by Crippen LogP contribution is -2.23. The van der Waals surface area contributed by atoms with Gasteiger partial charge in [0.1, 0.15) is 11.7 Å². The molecule has 1 aliphatic rings. The quantitative estimate of drug-likeness (QED) is 0.715. The first-order valence-electron chi connectivity index (χ1n) is 8.32. The van der Waals surface area contributed by atoms with Gasteiger partial charge in [0, 0.05) is 24.2 Å². The molecule has 0 fully saturated rings. The molecule has 0 aliphatic carbocycles. The minimum atomic E-state index is 0.896. The van der Waals surface area contributed by atoms with Crippen molar-refractivity contribution < 1.29 is 0 Å². The van der Waals surface area contributed by atoms with E-state index in [1.165, 1.54) is 36.8 Å². The van der Waals surface area contributed by atoms with Crippen LogP contribution in [0.15, 0.2) is 34.3 Å². The molecule has 3 heteroatoms. The molecule has 1 heterocycles. The normalized spacial score (nSPS) is 17.2. The van der Waals surface area contributed by atoms with Gasteiger partial charge in [-0.2, -0.15) is 0 Å². The third-order valence-corrected chi connectivity index (χ3v) is 3.74. The molecule has 0 radical (unpaired) electrons. The molecule has 0 atom stereocenters. The second-order valence-electron chi connectivity index (χ2n) is 5.55. The largest absolute Gasteiger partial charge is 0.325 e. The highest BCUT2D eigenvalue weighted by Gasteiger charge is 2.21. The number of aliphatic imine (C=N–C) groups is 2. The molecule has 0 spiro atoms. The van der Waals surface area contributed by atoms with Gasteiger partial charge >= 0.3 is 0 Å². The summed E-state index contributed by atoms with van der Waals surface area (Å²) in [5, 5.41) is 3.41. The van der Waals surface area contributed by atoms with Crippen LogP contribution in [-0.4, -0.2) is 24.8 Å².